The molecule has 0 spiro atoms. The molecule has 0 saturated heterocycles. The van der Waals surface area contributed by atoms with E-state index in [0.29, 0.717) is 24.8 Å². The van der Waals surface area contributed by atoms with Crippen LogP contribution in [0.15, 0.2) is 33.9 Å². The number of aromatic nitrogens is 2. The minimum absolute atomic E-state index is 0. The highest BCUT2D eigenvalue weighted by atomic mass is 127. The van der Waals surface area contributed by atoms with Gasteiger partial charge < -0.3 is 20.2 Å². The lowest BCUT2D eigenvalue weighted by molar-refractivity contribution is 0.0378. The highest BCUT2D eigenvalue weighted by Crippen LogP contribution is 2.21. The Morgan fingerprint density at radius 2 is 2.17 bits per heavy atom. The van der Waals surface area contributed by atoms with Crippen LogP contribution in [0.4, 0.5) is 0 Å². The van der Waals surface area contributed by atoms with Crippen molar-refractivity contribution in [2.75, 3.05) is 13.1 Å². The molecule has 1 unspecified atom stereocenters. The summed E-state index contributed by atoms with van der Waals surface area (Å²) in [6.07, 6.45) is 3.71. The van der Waals surface area contributed by atoms with Crippen molar-refractivity contribution in [2.45, 2.75) is 32.9 Å². The minimum atomic E-state index is -1.11. The molecule has 7 nitrogen and oxygen atoms in total. The van der Waals surface area contributed by atoms with Crippen molar-refractivity contribution < 1.29 is 9.52 Å². The summed E-state index contributed by atoms with van der Waals surface area (Å²) in [4.78, 5) is 4.50. The molecule has 134 valence electrons. The van der Waals surface area contributed by atoms with Crippen LogP contribution in [0.1, 0.15) is 30.9 Å². The average molecular weight is 447 g/mol. The number of aliphatic imine (C=N–C) groups is 1. The smallest absolute Gasteiger partial charge is 0.191 e. The Morgan fingerprint density at radius 3 is 2.71 bits per heavy atom. The van der Waals surface area contributed by atoms with Crippen LogP contribution in [-0.4, -0.2) is 33.9 Å². The summed E-state index contributed by atoms with van der Waals surface area (Å²) in [7, 11) is 1.87. The van der Waals surface area contributed by atoms with Crippen molar-refractivity contribution in [3.63, 3.8) is 0 Å². The quantitative estimate of drug-likeness (QED) is 0.358. The molecule has 0 radical (unpaired) electrons. The number of aryl methyl sites for hydroxylation is 2. The molecule has 1 atom stereocenters. The van der Waals surface area contributed by atoms with Crippen LogP contribution in [0.5, 0.6) is 0 Å². The van der Waals surface area contributed by atoms with Gasteiger partial charge in [-0.25, -0.2) is 4.99 Å². The molecule has 2 rings (SSSR count). The Hall–Kier alpha value is -1.55. The standard InChI is InChI=1S/C16H25N5O2.HI/c1-5-17-15(18-8-13-9-20-21(4)10-13)19-11-16(3,22)14-7-6-12(2)23-14;/h6-7,9-10,22H,5,8,11H2,1-4H3,(H2,17,18,19);1H. The number of nitrogens with one attached hydrogen (secondary N) is 2. The number of guanidine groups is 1. The number of hydrogen-bond donors (Lipinski definition) is 3. The Kier molecular flexibility index (Phi) is 7.74. The highest BCUT2D eigenvalue weighted by Gasteiger charge is 2.27. The van der Waals surface area contributed by atoms with Gasteiger partial charge in [0.1, 0.15) is 17.1 Å². The van der Waals surface area contributed by atoms with Crippen molar-refractivity contribution in [1.29, 1.82) is 0 Å². The van der Waals surface area contributed by atoms with E-state index in [-0.39, 0.29) is 24.0 Å². The number of aliphatic hydroxyl groups is 1. The zero-order chi connectivity index (χ0) is 16.9. The van der Waals surface area contributed by atoms with Crippen LogP contribution in [0.3, 0.4) is 0 Å². The van der Waals surface area contributed by atoms with Gasteiger partial charge in [0.05, 0.1) is 19.3 Å². The number of rotatable bonds is 6. The van der Waals surface area contributed by atoms with Gasteiger partial charge in [0.2, 0.25) is 0 Å². The van der Waals surface area contributed by atoms with Crippen molar-refractivity contribution in [1.82, 2.24) is 20.4 Å². The molecule has 3 N–H and O–H groups in total. The largest absolute Gasteiger partial charge is 0.463 e. The Bertz CT molecular complexity index is 663. The minimum Gasteiger partial charge on any atom is -0.463 e. The van der Waals surface area contributed by atoms with E-state index in [4.69, 9.17) is 4.42 Å². The number of hydrogen-bond acceptors (Lipinski definition) is 4. The van der Waals surface area contributed by atoms with Gasteiger partial charge >= 0.3 is 0 Å². The third-order valence-electron chi connectivity index (χ3n) is 3.39. The fourth-order valence-electron chi connectivity index (χ4n) is 2.13. The van der Waals surface area contributed by atoms with E-state index < -0.39 is 5.60 Å². The Morgan fingerprint density at radius 1 is 1.42 bits per heavy atom. The van der Waals surface area contributed by atoms with E-state index in [9.17, 15) is 5.11 Å². The first-order valence-electron chi connectivity index (χ1n) is 7.69. The Balaban J connectivity index is 0.00000288. The van der Waals surface area contributed by atoms with Crippen LogP contribution in [-0.2, 0) is 19.2 Å². The van der Waals surface area contributed by atoms with Crippen molar-refractivity contribution in [2.24, 2.45) is 12.0 Å². The fraction of sp³-hybridized carbons (Fsp3) is 0.500. The van der Waals surface area contributed by atoms with Crippen molar-refractivity contribution in [3.8, 4) is 0 Å². The lowest BCUT2D eigenvalue weighted by atomic mass is 10.0. The molecule has 0 amide bonds. The molecular formula is C16H26IN5O2. The second kappa shape index (κ2) is 9.07. The first kappa shape index (κ1) is 20.5. The van der Waals surface area contributed by atoms with Gasteiger partial charge in [0, 0.05) is 25.4 Å². The zero-order valence-corrected chi connectivity index (χ0v) is 16.9. The van der Waals surface area contributed by atoms with Crippen LogP contribution in [0.2, 0.25) is 0 Å². The predicted octanol–water partition coefficient (Wildman–Crippen LogP) is 1.90. The average Bonchev–Trinajstić information content (AvgIpc) is 3.11. The first-order chi connectivity index (χ1) is 10.9. The first-order valence-corrected chi connectivity index (χ1v) is 7.69. The molecule has 2 aromatic rings. The number of halogens is 1. The van der Waals surface area contributed by atoms with Gasteiger partial charge in [0.15, 0.2) is 5.96 Å². The zero-order valence-electron chi connectivity index (χ0n) is 14.5. The topological polar surface area (TPSA) is 87.6 Å². The lowest BCUT2D eigenvalue weighted by Gasteiger charge is -2.22. The molecule has 0 aliphatic heterocycles. The second-order valence-electron chi connectivity index (χ2n) is 5.76. The molecule has 24 heavy (non-hydrogen) atoms. The molecule has 2 aromatic heterocycles. The van der Waals surface area contributed by atoms with Gasteiger partial charge in [-0.2, -0.15) is 5.10 Å². The Labute approximate surface area is 159 Å². The molecule has 0 fully saturated rings. The van der Waals surface area contributed by atoms with Crippen LogP contribution < -0.4 is 10.6 Å². The molecule has 0 aliphatic rings. The van der Waals surface area contributed by atoms with Crippen LogP contribution in [0, 0.1) is 6.92 Å². The number of nitrogens with zero attached hydrogens (tertiary/aromatic N) is 3. The monoisotopic (exact) mass is 447 g/mol. The fourth-order valence-corrected chi connectivity index (χ4v) is 2.13. The summed E-state index contributed by atoms with van der Waals surface area (Å²) in [5.41, 5.74) is -0.0863. The second-order valence-corrected chi connectivity index (χ2v) is 5.76. The molecule has 2 heterocycles. The summed E-state index contributed by atoms with van der Waals surface area (Å²) in [6, 6.07) is 3.63. The maximum Gasteiger partial charge on any atom is 0.191 e. The van der Waals surface area contributed by atoms with Crippen molar-refractivity contribution in [3.05, 3.63) is 41.6 Å². The highest BCUT2D eigenvalue weighted by molar-refractivity contribution is 14.0. The van der Waals surface area contributed by atoms with E-state index in [0.717, 1.165) is 17.9 Å². The van der Waals surface area contributed by atoms with Gasteiger partial charge in [-0.3, -0.25) is 4.68 Å². The summed E-state index contributed by atoms with van der Waals surface area (Å²) in [5.74, 6) is 1.95. The van der Waals surface area contributed by atoms with Crippen LogP contribution in [0.25, 0.3) is 0 Å². The van der Waals surface area contributed by atoms with Gasteiger partial charge in [-0.15, -0.1) is 24.0 Å². The van der Waals surface area contributed by atoms with E-state index >= 15 is 0 Å². The summed E-state index contributed by atoms with van der Waals surface area (Å²) in [5, 5.41) is 21.0. The van der Waals surface area contributed by atoms with Gasteiger partial charge in [-0.1, -0.05) is 0 Å². The predicted molar refractivity (Wildman–Crippen MR) is 104 cm³/mol. The molecule has 0 bridgehead atoms. The molecule has 0 aromatic carbocycles. The molecule has 0 saturated carbocycles. The maximum atomic E-state index is 10.6. The maximum absolute atomic E-state index is 10.6. The van der Waals surface area contributed by atoms with Gasteiger partial charge in [-0.05, 0) is 32.9 Å². The SMILES string of the molecule is CCNC(=NCc1cnn(C)c1)NCC(C)(O)c1ccc(C)o1.I. The van der Waals surface area contributed by atoms with E-state index in [1.165, 1.54) is 0 Å². The number of furan rings is 1. The normalized spacial score (nSPS) is 14.0. The van der Waals surface area contributed by atoms with Gasteiger partial charge in [0.25, 0.3) is 0 Å². The van der Waals surface area contributed by atoms with Crippen LogP contribution >= 0.6 is 24.0 Å². The third-order valence-corrected chi connectivity index (χ3v) is 3.39. The summed E-state index contributed by atoms with van der Waals surface area (Å²) < 4.78 is 7.26. The summed E-state index contributed by atoms with van der Waals surface area (Å²) in [6.45, 7) is 7.11. The van der Waals surface area contributed by atoms with E-state index in [2.05, 4.69) is 20.7 Å². The third kappa shape index (κ3) is 5.82. The molecule has 8 heteroatoms. The lowest BCUT2D eigenvalue weighted by Crippen LogP contribution is -2.44. The van der Waals surface area contributed by atoms with E-state index in [1.54, 1.807) is 23.9 Å². The van der Waals surface area contributed by atoms with E-state index in [1.807, 2.05) is 33.2 Å². The molecular weight excluding hydrogens is 421 g/mol. The molecule has 0 aliphatic carbocycles. The van der Waals surface area contributed by atoms with Crippen molar-refractivity contribution >= 4 is 29.9 Å². The summed E-state index contributed by atoms with van der Waals surface area (Å²) >= 11 is 0.